The predicted molar refractivity (Wildman–Crippen MR) is 60.9 cm³/mol. The molecular weight excluding hydrogens is 222 g/mol. The average molecular weight is 231 g/mol. The van der Waals surface area contributed by atoms with Crippen molar-refractivity contribution < 1.29 is 19.8 Å². The first-order chi connectivity index (χ1) is 8.09. The Morgan fingerprint density at radius 3 is 2.18 bits per heavy atom. The second kappa shape index (κ2) is 3.86. The van der Waals surface area contributed by atoms with Crippen molar-refractivity contribution in [3.8, 4) is 0 Å². The van der Waals surface area contributed by atoms with Gasteiger partial charge in [0.1, 0.15) is 0 Å². The lowest BCUT2D eigenvalue weighted by Crippen LogP contribution is -2.44. The third-order valence-electron chi connectivity index (χ3n) is 2.60. The molecule has 2 N–H and O–H groups in total. The summed E-state index contributed by atoms with van der Waals surface area (Å²) in [6, 6.07) is 8.50. The lowest BCUT2D eigenvalue weighted by Gasteiger charge is -2.20. The van der Waals surface area contributed by atoms with Crippen molar-refractivity contribution in [1.29, 1.82) is 0 Å². The Balaban J connectivity index is 2.57. The molecule has 5 heteroatoms. The summed E-state index contributed by atoms with van der Waals surface area (Å²) < 4.78 is 0. The summed E-state index contributed by atoms with van der Waals surface area (Å²) in [7, 11) is 0. The van der Waals surface area contributed by atoms with E-state index >= 15 is 0 Å². The van der Waals surface area contributed by atoms with E-state index < -0.39 is 17.5 Å². The Morgan fingerprint density at radius 2 is 1.65 bits per heavy atom. The fourth-order valence-electron chi connectivity index (χ4n) is 1.77. The molecule has 0 atom stereocenters. The van der Waals surface area contributed by atoms with Gasteiger partial charge in [-0.3, -0.25) is 4.99 Å². The number of carbonyl (C=O) groups is 2. The number of aliphatic carboxylic acids is 2. The minimum absolute atomic E-state index is 0.165. The van der Waals surface area contributed by atoms with Gasteiger partial charge in [0.2, 0.25) is 0 Å². The van der Waals surface area contributed by atoms with E-state index in [1.54, 1.807) is 30.3 Å². The van der Waals surface area contributed by atoms with E-state index in [1.807, 2.05) is 0 Å². The van der Waals surface area contributed by atoms with Gasteiger partial charge in [0.15, 0.2) is 0 Å². The van der Waals surface area contributed by atoms with Gasteiger partial charge in [0.25, 0.3) is 5.54 Å². The molecule has 0 bridgehead atoms. The van der Waals surface area contributed by atoms with Crippen molar-refractivity contribution in [3.05, 3.63) is 42.0 Å². The highest BCUT2D eigenvalue weighted by Crippen LogP contribution is 2.34. The van der Waals surface area contributed by atoms with Crippen LogP contribution in [0.2, 0.25) is 0 Å². The average Bonchev–Trinajstić information content (AvgIpc) is 2.75. The Kier molecular flexibility index (Phi) is 2.51. The normalized spacial score (nSPS) is 16.6. The standard InChI is InChI=1S/C12H9NO4/c14-10(15)12(11(16)17)9(6-7-13-12)8-4-2-1-3-5-8/h1-7H,(H,14,15)(H,16,17). The number of aliphatic imine (C=N–C) groups is 1. The first-order valence-electron chi connectivity index (χ1n) is 4.87. The van der Waals surface area contributed by atoms with Gasteiger partial charge >= 0.3 is 11.9 Å². The van der Waals surface area contributed by atoms with Crippen molar-refractivity contribution in [2.75, 3.05) is 0 Å². The van der Waals surface area contributed by atoms with Crippen LogP contribution in [-0.4, -0.2) is 33.9 Å². The third-order valence-corrected chi connectivity index (χ3v) is 2.60. The van der Waals surface area contributed by atoms with E-state index in [-0.39, 0.29) is 5.57 Å². The summed E-state index contributed by atoms with van der Waals surface area (Å²) in [5.74, 6) is -2.98. The maximum Gasteiger partial charge on any atom is 0.348 e. The number of allylic oxidation sites excluding steroid dienone is 1. The zero-order valence-corrected chi connectivity index (χ0v) is 8.70. The molecule has 5 nitrogen and oxygen atoms in total. The smallest absolute Gasteiger partial charge is 0.348 e. The van der Waals surface area contributed by atoms with Crippen LogP contribution in [0.25, 0.3) is 5.57 Å². The molecule has 0 aliphatic carbocycles. The summed E-state index contributed by atoms with van der Waals surface area (Å²) in [4.78, 5) is 26.0. The zero-order valence-electron chi connectivity index (χ0n) is 8.70. The first kappa shape index (κ1) is 11.1. The fourth-order valence-corrected chi connectivity index (χ4v) is 1.77. The van der Waals surface area contributed by atoms with Gasteiger partial charge in [0.05, 0.1) is 0 Å². The van der Waals surface area contributed by atoms with E-state index in [2.05, 4.69) is 4.99 Å². The summed E-state index contributed by atoms with van der Waals surface area (Å²) in [5.41, 5.74) is -1.52. The Labute approximate surface area is 96.7 Å². The Morgan fingerprint density at radius 1 is 1.06 bits per heavy atom. The summed E-state index contributed by atoms with van der Waals surface area (Å²) in [5, 5.41) is 18.3. The minimum Gasteiger partial charge on any atom is -0.479 e. The molecule has 0 amide bonds. The van der Waals surface area contributed by atoms with Crippen molar-refractivity contribution >= 4 is 23.7 Å². The van der Waals surface area contributed by atoms with Gasteiger partial charge in [-0.15, -0.1) is 0 Å². The van der Waals surface area contributed by atoms with Crippen LogP contribution >= 0.6 is 0 Å². The van der Waals surface area contributed by atoms with Crippen LogP contribution in [0.4, 0.5) is 0 Å². The van der Waals surface area contributed by atoms with Crippen molar-refractivity contribution in [3.63, 3.8) is 0 Å². The minimum atomic E-state index is -2.22. The molecule has 1 aromatic carbocycles. The molecule has 0 saturated carbocycles. The van der Waals surface area contributed by atoms with Gasteiger partial charge in [-0.2, -0.15) is 0 Å². The lowest BCUT2D eigenvalue weighted by molar-refractivity contribution is -0.153. The number of benzene rings is 1. The maximum atomic E-state index is 11.2. The molecule has 2 rings (SSSR count). The monoisotopic (exact) mass is 231 g/mol. The van der Waals surface area contributed by atoms with Gasteiger partial charge in [-0.05, 0) is 11.6 Å². The second-order valence-corrected chi connectivity index (χ2v) is 3.55. The number of carboxylic acid groups (broad SMARTS) is 2. The van der Waals surface area contributed by atoms with Crippen LogP contribution in [-0.2, 0) is 9.59 Å². The van der Waals surface area contributed by atoms with E-state index in [9.17, 15) is 9.59 Å². The quantitative estimate of drug-likeness (QED) is 0.761. The summed E-state index contributed by atoms with van der Waals surface area (Å²) in [6.45, 7) is 0. The molecule has 0 fully saturated rings. The molecular formula is C12H9NO4. The second-order valence-electron chi connectivity index (χ2n) is 3.55. The lowest BCUT2D eigenvalue weighted by atomic mass is 9.87. The highest BCUT2D eigenvalue weighted by atomic mass is 16.4. The number of nitrogens with zero attached hydrogens (tertiary/aromatic N) is 1. The maximum absolute atomic E-state index is 11.2. The first-order valence-corrected chi connectivity index (χ1v) is 4.87. The Bertz CT molecular complexity index is 517. The molecule has 86 valence electrons. The van der Waals surface area contributed by atoms with Crippen LogP contribution in [0.3, 0.4) is 0 Å². The van der Waals surface area contributed by atoms with E-state index in [1.165, 1.54) is 12.3 Å². The molecule has 1 heterocycles. The molecule has 1 aromatic rings. The topological polar surface area (TPSA) is 87.0 Å². The third kappa shape index (κ3) is 1.52. The van der Waals surface area contributed by atoms with E-state index in [0.717, 1.165) is 0 Å². The number of carboxylic acids is 2. The molecule has 0 unspecified atom stereocenters. The fraction of sp³-hybridized carbons (Fsp3) is 0.0833. The number of rotatable bonds is 3. The van der Waals surface area contributed by atoms with Gasteiger partial charge in [-0.1, -0.05) is 30.3 Å². The van der Waals surface area contributed by atoms with Crippen LogP contribution < -0.4 is 0 Å². The SMILES string of the molecule is O=C(O)C1(C(=O)O)N=CC=C1c1ccccc1. The largest absolute Gasteiger partial charge is 0.479 e. The van der Waals surface area contributed by atoms with Crippen molar-refractivity contribution in [2.24, 2.45) is 4.99 Å². The van der Waals surface area contributed by atoms with Crippen LogP contribution in [0.1, 0.15) is 5.56 Å². The molecule has 1 aliphatic heterocycles. The predicted octanol–water partition coefficient (Wildman–Crippen LogP) is 1.06. The van der Waals surface area contributed by atoms with Crippen molar-refractivity contribution in [2.45, 2.75) is 5.54 Å². The van der Waals surface area contributed by atoms with Crippen LogP contribution in [0.15, 0.2) is 41.4 Å². The number of hydrogen-bond acceptors (Lipinski definition) is 3. The van der Waals surface area contributed by atoms with Gasteiger partial charge in [-0.25, -0.2) is 9.59 Å². The van der Waals surface area contributed by atoms with E-state index in [4.69, 9.17) is 10.2 Å². The summed E-state index contributed by atoms with van der Waals surface area (Å²) >= 11 is 0. The van der Waals surface area contributed by atoms with Crippen LogP contribution in [0.5, 0.6) is 0 Å². The highest BCUT2D eigenvalue weighted by molar-refractivity contribution is 6.21. The molecule has 0 spiro atoms. The highest BCUT2D eigenvalue weighted by Gasteiger charge is 2.51. The Hall–Kier alpha value is -2.43. The number of hydrogen-bond donors (Lipinski definition) is 2. The molecule has 1 aliphatic rings. The van der Waals surface area contributed by atoms with Crippen molar-refractivity contribution in [1.82, 2.24) is 0 Å². The molecule has 0 saturated heterocycles. The van der Waals surface area contributed by atoms with Gasteiger partial charge in [0, 0.05) is 11.8 Å². The molecule has 17 heavy (non-hydrogen) atoms. The van der Waals surface area contributed by atoms with Crippen LogP contribution in [0, 0.1) is 0 Å². The summed E-state index contributed by atoms with van der Waals surface area (Å²) in [6.07, 6.45) is 2.63. The zero-order chi connectivity index (χ0) is 12.5. The van der Waals surface area contributed by atoms with Gasteiger partial charge < -0.3 is 10.2 Å². The van der Waals surface area contributed by atoms with E-state index in [0.29, 0.717) is 5.56 Å². The molecule has 0 aromatic heterocycles. The molecule has 0 radical (unpaired) electrons.